The van der Waals surface area contributed by atoms with Gasteiger partial charge in [0, 0.05) is 13.5 Å². The quantitative estimate of drug-likeness (QED) is 0.186. The maximum absolute atomic E-state index is 6.78. The van der Waals surface area contributed by atoms with Crippen LogP contribution in [0.25, 0.3) is 0 Å². The zero-order valence-electron chi connectivity index (χ0n) is 17.6. The number of hydrogen-bond donors (Lipinski definition) is 0. The molecule has 0 spiro atoms. The first-order chi connectivity index (χ1) is 11.0. The van der Waals surface area contributed by atoms with E-state index in [1.54, 1.807) is 0 Å². The van der Waals surface area contributed by atoms with Gasteiger partial charge in [0.15, 0.2) is 3.79 Å². The third kappa shape index (κ3) is 6.59. The predicted molar refractivity (Wildman–Crippen MR) is 122 cm³/mol. The molecule has 0 nitrogen and oxygen atoms in total. The van der Waals surface area contributed by atoms with Crippen LogP contribution in [0.1, 0.15) is 53.9 Å². The van der Waals surface area contributed by atoms with Crippen LogP contribution in [0.15, 0.2) is 24.8 Å². The molecule has 0 amide bonds. The lowest BCUT2D eigenvalue weighted by atomic mass is 9.54. The zero-order chi connectivity index (χ0) is 20.3. The molecule has 2 unspecified atom stereocenters. The Kier molecular flexibility index (Phi) is 9.38. The average molecular weight is 426 g/mol. The minimum Gasteiger partial charge on any atom is -0.103 e. The van der Waals surface area contributed by atoms with E-state index >= 15 is 0 Å². The molecule has 0 aliphatic heterocycles. The fraction of sp³-hybridized carbons (Fsp3) is 0.810. The molecule has 0 aliphatic rings. The third-order valence-electron chi connectivity index (χ3n) is 5.76. The molecule has 0 bridgehead atoms. The maximum atomic E-state index is 6.78. The van der Waals surface area contributed by atoms with Gasteiger partial charge < -0.3 is 0 Å². The Hall–Kier alpha value is 0.567. The molecule has 0 saturated heterocycles. The van der Waals surface area contributed by atoms with Crippen LogP contribution in [0.5, 0.6) is 0 Å². The number of allylic oxidation sites excluding steroid dienone is 2. The molecule has 0 N–H and O–H groups in total. The summed E-state index contributed by atoms with van der Waals surface area (Å²) in [6, 6.07) is 1.13. The molecular formula is C21H39Cl3Si. The van der Waals surface area contributed by atoms with Crippen molar-refractivity contribution < 1.29 is 0 Å². The van der Waals surface area contributed by atoms with E-state index in [9.17, 15) is 0 Å². The van der Waals surface area contributed by atoms with Gasteiger partial charge in [0.2, 0.25) is 0 Å². The first kappa shape index (κ1) is 25.6. The van der Waals surface area contributed by atoms with Gasteiger partial charge in [-0.2, -0.15) is 0 Å². The predicted octanol–water partition coefficient (Wildman–Crippen LogP) is 8.91. The van der Waals surface area contributed by atoms with Gasteiger partial charge in [-0.1, -0.05) is 99.8 Å². The first-order valence-corrected chi connectivity index (χ1v) is 14.2. The van der Waals surface area contributed by atoms with Crippen LogP contribution in [0, 0.1) is 22.7 Å². The van der Waals surface area contributed by atoms with E-state index in [2.05, 4.69) is 67.4 Å². The smallest absolute Gasteiger partial charge is 0.103 e. The Labute approximate surface area is 173 Å². The minimum absolute atomic E-state index is 0.279. The number of hydrogen-bond acceptors (Lipinski definition) is 0. The molecule has 2 atom stereocenters. The Bertz CT molecular complexity index is 455. The van der Waals surface area contributed by atoms with Gasteiger partial charge in [0.05, 0.1) is 0 Å². The highest BCUT2D eigenvalue weighted by molar-refractivity contribution is 6.76. The molecule has 0 aromatic carbocycles. The van der Waals surface area contributed by atoms with Crippen molar-refractivity contribution in [1.29, 1.82) is 0 Å². The van der Waals surface area contributed by atoms with Gasteiger partial charge in [0.25, 0.3) is 0 Å². The van der Waals surface area contributed by atoms with Crippen molar-refractivity contribution in [2.45, 2.75) is 83.4 Å². The summed E-state index contributed by atoms with van der Waals surface area (Å²) < 4.78 is -1.35. The van der Waals surface area contributed by atoms with Crippen LogP contribution in [-0.4, -0.2) is 11.9 Å². The van der Waals surface area contributed by atoms with E-state index in [-0.39, 0.29) is 11.3 Å². The van der Waals surface area contributed by atoms with Crippen molar-refractivity contribution in [3.63, 3.8) is 0 Å². The summed E-state index contributed by atoms with van der Waals surface area (Å²) >= 11 is 20.3. The van der Waals surface area contributed by atoms with Crippen molar-refractivity contribution in [2.75, 3.05) is 0 Å². The minimum atomic E-state index is -1.35. The lowest BCUT2D eigenvalue weighted by Crippen LogP contribution is -2.54. The van der Waals surface area contributed by atoms with Crippen LogP contribution in [0.3, 0.4) is 0 Å². The normalized spacial score (nSPS) is 17.3. The van der Waals surface area contributed by atoms with Gasteiger partial charge in [-0.05, 0) is 43.4 Å². The third-order valence-corrected chi connectivity index (χ3v) is 8.52. The van der Waals surface area contributed by atoms with Crippen LogP contribution >= 0.6 is 34.8 Å². The van der Waals surface area contributed by atoms with Crippen molar-refractivity contribution in [1.82, 2.24) is 0 Å². The highest BCUT2D eigenvalue weighted by Crippen LogP contribution is 2.65. The second-order valence-corrected chi connectivity index (χ2v) is 17.7. The van der Waals surface area contributed by atoms with E-state index in [0.29, 0.717) is 5.92 Å². The molecule has 0 aromatic rings. The maximum Gasteiger partial charge on any atom is 0.197 e. The second-order valence-electron chi connectivity index (χ2n) is 9.80. The van der Waals surface area contributed by atoms with Crippen LogP contribution in [0.2, 0.25) is 25.7 Å². The van der Waals surface area contributed by atoms with Gasteiger partial charge >= 0.3 is 0 Å². The fourth-order valence-electron chi connectivity index (χ4n) is 4.01. The molecular weight excluding hydrogens is 387 g/mol. The second kappa shape index (κ2) is 9.17. The SMILES string of the molecule is C=CC(C)(C)C(CC[Si](C)(C)C)(C(CCC(=C)C)C(C)C)C(Cl)(Cl)Cl. The molecule has 148 valence electrons. The molecule has 4 heteroatoms. The Morgan fingerprint density at radius 3 is 1.88 bits per heavy atom. The van der Waals surface area contributed by atoms with Crippen LogP contribution < -0.4 is 0 Å². The Balaban J connectivity index is 6.38. The summed E-state index contributed by atoms with van der Waals surface area (Å²) in [5.74, 6) is 0.692. The molecule has 25 heavy (non-hydrogen) atoms. The van der Waals surface area contributed by atoms with Gasteiger partial charge in [-0.25, -0.2) is 0 Å². The molecule has 0 aliphatic carbocycles. The summed E-state index contributed by atoms with van der Waals surface area (Å²) in [5.41, 5.74) is 0.434. The lowest BCUT2D eigenvalue weighted by Gasteiger charge is -2.56. The van der Waals surface area contributed by atoms with Crippen LogP contribution in [-0.2, 0) is 0 Å². The summed E-state index contributed by atoms with van der Waals surface area (Å²) in [5, 5.41) is 0. The Morgan fingerprint density at radius 2 is 1.60 bits per heavy atom. The number of alkyl halides is 3. The highest BCUT2D eigenvalue weighted by atomic mass is 35.6. The first-order valence-electron chi connectivity index (χ1n) is 9.36. The molecule has 0 radical (unpaired) electrons. The molecule has 0 rings (SSSR count). The van der Waals surface area contributed by atoms with Gasteiger partial charge in [-0.15, -0.1) is 13.2 Å². The van der Waals surface area contributed by atoms with Crippen molar-refractivity contribution in [2.24, 2.45) is 22.7 Å². The Morgan fingerprint density at radius 1 is 1.12 bits per heavy atom. The summed E-state index contributed by atoms with van der Waals surface area (Å²) in [4.78, 5) is 0. The molecule has 0 fully saturated rings. The van der Waals surface area contributed by atoms with Crippen molar-refractivity contribution in [3.8, 4) is 0 Å². The summed E-state index contributed by atoms with van der Waals surface area (Å²) in [6.45, 7) is 26.3. The average Bonchev–Trinajstić information content (AvgIpc) is 2.38. The molecule has 0 aromatic heterocycles. The highest BCUT2D eigenvalue weighted by Gasteiger charge is 2.60. The molecule has 0 heterocycles. The van der Waals surface area contributed by atoms with E-state index in [1.165, 1.54) is 5.57 Å². The van der Waals surface area contributed by atoms with Crippen molar-refractivity contribution >= 4 is 42.9 Å². The zero-order valence-corrected chi connectivity index (χ0v) is 20.9. The van der Waals surface area contributed by atoms with Gasteiger partial charge in [0.1, 0.15) is 0 Å². The van der Waals surface area contributed by atoms with E-state index in [1.807, 2.05) is 6.08 Å². The number of halogens is 3. The fourth-order valence-corrected chi connectivity index (χ4v) is 6.59. The van der Waals surface area contributed by atoms with Crippen LogP contribution in [0.4, 0.5) is 0 Å². The summed E-state index contributed by atoms with van der Waals surface area (Å²) in [7, 11) is -1.29. The van der Waals surface area contributed by atoms with E-state index < -0.39 is 17.3 Å². The summed E-state index contributed by atoms with van der Waals surface area (Å²) in [6.07, 6.45) is 4.86. The molecule has 0 saturated carbocycles. The van der Waals surface area contributed by atoms with E-state index in [4.69, 9.17) is 34.8 Å². The monoisotopic (exact) mass is 424 g/mol. The van der Waals surface area contributed by atoms with E-state index in [0.717, 1.165) is 25.3 Å². The van der Waals surface area contributed by atoms with Gasteiger partial charge in [-0.3, -0.25) is 0 Å². The topological polar surface area (TPSA) is 0 Å². The van der Waals surface area contributed by atoms with Crippen molar-refractivity contribution in [3.05, 3.63) is 24.8 Å². The number of rotatable bonds is 10. The largest absolute Gasteiger partial charge is 0.197 e. The standard InChI is InChI=1S/C21H39Cl3Si/c1-11-19(6,7)20(21(22,23)24,14-15-25(8,9)10)18(17(4)5)13-12-16(2)3/h11,17-18H,1-2,12-15H2,3-10H3. The lowest BCUT2D eigenvalue weighted by molar-refractivity contribution is 0.00360.